The van der Waals surface area contributed by atoms with E-state index in [1.165, 1.54) is 10.8 Å². The predicted octanol–water partition coefficient (Wildman–Crippen LogP) is 14.3. The summed E-state index contributed by atoms with van der Waals surface area (Å²) < 4.78 is 4.56. The second-order valence-electron chi connectivity index (χ2n) is 15.9. The van der Waals surface area contributed by atoms with E-state index in [1.807, 2.05) is 54.6 Å². The molecule has 0 unspecified atom stereocenters. The minimum Gasteiger partial charge on any atom is -0.309 e. The maximum atomic E-state index is 10.3. The van der Waals surface area contributed by atoms with Gasteiger partial charge in [-0.05, 0) is 59.2 Å². The van der Waals surface area contributed by atoms with Gasteiger partial charge in [0, 0.05) is 49.4 Å². The molecule has 0 atom stereocenters. The molecular weight excluding hydrogens is 781 g/mol. The summed E-state index contributed by atoms with van der Waals surface area (Å²) in [5, 5.41) is 14.8. The number of aromatic nitrogens is 5. The zero-order valence-corrected chi connectivity index (χ0v) is 34.5. The Labute approximate surface area is 369 Å². The minimum absolute atomic E-state index is 0.491. The molecule has 0 fully saturated rings. The number of benzene rings is 9. The number of hydrogen-bond acceptors (Lipinski definition) is 4. The molecule has 9 aromatic carbocycles. The van der Waals surface area contributed by atoms with Crippen LogP contribution in [-0.4, -0.2) is 24.1 Å². The van der Waals surface area contributed by atoms with Gasteiger partial charge in [0.25, 0.3) is 0 Å². The van der Waals surface area contributed by atoms with Crippen molar-refractivity contribution >= 4 is 43.6 Å². The third-order valence-electron chi connectivity index (χ3n) is 12.2. The predicted molar refractivity (Wildman–Crippen MR) is 260 cm³/mol. The Morgan fingerprint density at radius 3 is 1.41 bits per heavy atom. The van der Waals surface area contributed by atoms with Gasteiger partial charge in [0.2, 0.25) is 5.95 Å². The van der Waals surface area contributed by atoms with Gasteiger partial charge in [-0.3, -0.25) is 4.57 Å². The standard InChI is InChI=1S/C58H36N6/c59-37-43-32-31-41(35-50(43)40-21-8-3-9-22-40)56-60-57(62-58(61-56)64-53-30-15-12-25-48(53)49-27-16-26-45(55(49)64)39-19-6-2-7-20-39)42-33-34-44(38-17-4-1-5-18-38)54(36-42)63-51-28-13-10-23-46(51)47-24-11-14-29-52(47)63/h1-36H. The average molecular weight is 817 g/mol. The Morgan fingerprint density at radius 2 is 0.812 bits per heavy atom. The van der Waals surface area contributed by atoms with E-state index >= 15 is 0 Å². The Morgan fingerprint density at radius 1 is 0.344 bits per heavy atom. The molecule has 12 aromatic rings. The first-order chi connectivity index (χ1) is 31.7. The second-order valence-corrected chi connectivity index (χ2v) is 15.9. The van der Waals surface area contributed by atoms with Gasteiger partial charge < -0.3 is 4.57 Å². The summed E-state index contributed by atoms with van der Waals surface area (Å²) >= 11 is 0. The van der Waals surface area contributed by atoms with Gasteiger partial charge in [0.15, 0.2) is 11.6 Å². The van der Waals surface area contributed by atoms with E-state index in [2.05, 4.69) is 179 Å². The van der Waals surface area contributed by atoms with Crippen LogP contribution in [0.5, 0.6) is 0 Å². The van der Waals surface area contributed by atoms with Gasteiger partial charge in [0.05, 0.1) is 39.4 Å². The zero-order chi connectivity index (χ0) is 42.6. The highest BCUT2D eigenvalue weighted by molar-refractivity contribution is 6.14. The van der Waals surface area contributed by atoms with Crippen LogP contribution in [0.15, 0.2) is 218 Å². The van der Waals surface area contributed by atoms with Crippen molar-refractivity contribution in [3.8, 4) is 73.9 Å². The average Bonchev–Trinajstić information content (AvgIpc) is 3.90. The van der Waals surface area contributed by atoms with E-state index in [9.17, 15) is 5.26 Å². The normalized spacial score (nSPS) is 11.4. The fourth-order valence-electron chi connectivity index (χ4n) is 9.34. The van der Waals surface area contributed by atoms with Crippen molar-refractivity contribution in [2.75, 3.05) is 0 Å². The van der Waals surface area contributed by atoms with Crippen molar-refractivity contribution in [1.29, 1.82) is 5.26 Å². The van der Waals surface area contributed by atoms with E-state index < -0.39 is 0 Å². The first-order valence-corrected chi connectivity index (χ1v) is 21.3. The topological polar surface area (TPSA) is 72.3 Å². The molecule has 12 rings (SSSR count). The summed E-state index contributed by atoms with van der Waals surface area (Å²) in [6.45, 7) is 0. The SMILES string of the molecule is N#Cc1ccc(-c2nc(-c3ccc(-c4ccccc4)c(-n4c5ccccc5c5ccccc54)c3)nc(-n3c4ccccc4c4cccc(-c5ccccc5)c43)n2)cc1-c1ccccc1. The van der Waals surface area contributed by atoms with Crippen molar-refractivity contribution in [1.82, 2.24) is 24.1 Å². The quantitative estimate of drug-likeness (QED) is 0.161. The lowest BCUT2D eigenvalue weighted by molar-refractivity contribution is 0.953. The number of rotatable bonds is 7. The summed E-state index contributed by atoms with van der Waals surface area (Å²) in [7, 11) is 0. The van der Waals surface area contributed by atoms with Crippen LogP contribution in [0.4, 0.5) is 0 Å². The molecule has 3 aromatic heterocycles. The molecule has 0 aliphatic heterocycles. The smallest absolute Gasteiger partial charge is 0.238 e. The van der Waals surface area contributed by atoms with Crippen LogP contribution in [0.1, 0.15) is 5.56 Å². The summed E-state index contributed by atoms with van der Waals surface area (Å²) in [6, 6.07) is 77.9. The lowest BCUT2D eigenvalue weighted by atomic mass is 9.97. The highest BCUT2D eigenvalue weighted by Crippen LogP contribution is 2.41. The summed E-state index contributed by atoms with van der Waals surface area (Å²) in [5.74, 6) is 1.51. The fraction of sp³-hybridized carbons (Fsp3) is 0. The molecule has 0 saturated heterocycles. The van der Waals surface area contributed by atoms with Crippen LogP contribution in [0, 0.1) is 11.3 Å². The molecule has 0 aliphatic rings. The summed E-state index contributed by atoms with van der Waals surface area (Å²) in [5.41, 5.74) is 13.5. The lowest BCUT2D eigenvalue weighted by Crippen LogP contribution is -2.07. The van der Waals surface area contributed by atoms with Crippen molar-refractivity contribution in [2.45, 2.75) is 0 Å². The molecule has 298 valence electrons. The first kappa shape index (κ1) is 36.9. The van der Waals surface area contributed by atoms with Crippen LogP contribution in [0.25, 0.3) is 111 Å². The largest absolute Gasteiger partial charge is 0.309 e. The molecule has 0 saturated carbocycles. The maximum Gasteiger partial charge on any atom is 0.238 e. The summed E-state index contributed by atoms with van der Waals surface area (Å²) in [4.78, 5) is 16.2. The van der Waals surface area contributed by atoms with Crippen LogP contribution >= 0.6 is 0 Å². The number of nitriles is 1. The molecule has 0 N–H and O–H groups in total. The third kappa shape index (κ3) is 6.06. The van der Waals surface area contributed by atoms with Gasteiger partial charge in [0.1, 0.15) is 0 Å². The van der Waals surface area contributed by atoms with E-state index in [0.717, 1.165) is 83.0 Å². The van der Waals surface area contributed by atoms with Gasteiger partial charge in [-0.15, -0.1) is 0 Å². The molecule has 0 spiro atoms. The Kier molecular flexibility index (Phi) is 8.77. The van der Waals surface area contributed by atoms with Gasteiger partial charge in [-0.25, -0.2) is 4.98 Å². The molecule has 6 heteroatoms. The van der Waals surface area contributed by atoms with E-state index in [1.54, 1.807) is 0 Å². The maximum absolute atomic E-state index is 10.3. The molecule has 0 amide bonds. The number of nitrogens with zero attached hydrogens (tertiary/aromatic N) is 6. The van der Waals surface area contributed by atoms with Gasteiger partial charge in [-0.1, -0.05) is 176 Å². The molecule has 3 heterocycles. The van der Waals surface area contributed by atoms with E-state index in [-0.39, 0.29) is 0 Å². The minimum atomic E-state index is 0.491. The molecule has 6 nitrogen and oxygen atoms in total. The molecule has 0 radical (unpaired) electrons. The third-order valence-corrected chi connectivity index (χ3v) is 12.2. The van der Waals surface area contributed by atoms with Gasteiger partial charge >= 0.3 is 0 Å². The first-order valence-electron chi connectivity index (χ1n) is 21.3. The Bertz CT molecular complexity index is 3730. The monoisotopic (exact) mass is 816 g/mol. The number of para-hydroxylation sites is 4. The lowest BCUT2D eigenvalue weighted by Gasteiger charge is -2.17. The molecule has 0 aliphatic carbocycles. The van der Waals surface area contributed by atoms with Crippen LogP contribution < -0.4 is 0 Å². The van der Waals surface area contributed by atoms with Crippen molar-refractivity contribution < 1.29 is 0 Å². The highest BCUT2D eigenvalue weighted by Gasteiger charge is 2.23. The highest BCUT2D eigenvalue weighted by atomic mass is 15.2. The zero-order valence-electron chi connectivity index (χ0n) is 34.5. The van der Waals surface area contributed by atoms with Crippen molar-refractivity contribution in [3.05, 3.63) is 224 Å². The molecule has 0 bridgehead atoms. The van der Waals surface area contributed by atoms with Crippen LogP contribution in [-0.2, 0) is 0 Å². The van der Waals surface area contributed by atoms with Gasteiger partial charge in [-0.2, -0.15) is 15.2 Å². The van der Waals surface area contributed by atoms with Crippen molar-refractivity contribution in [2.24, 2.45) is 0 Å². The fourth-order valence-corrected chi connectivity index (χ4v) is 9.34. The number of hydrogen-bond donors (Lipinski definition) is 0. The Hall–Kier alpha value is -8.92. The summed E-state index contributed by atoms with van der Waals surface area (Å²) in [6.07, 6.45) is 0. The van der Waals surface area contributed by atoms with Crippen LogP contribution in [0.3, 0.4) is 0 Å². The molecular formula is C58H36N6. The molecule has 64 heavy (non-hydrogen) atoms. The van der Waals surface area contributed by atoms with E-state index in [0.29, 0.717) is 23.2 Å². The second kappa shape index (κ2) is 15.2. The van der Waals surface area contributed by atoms with E-state index in [4.69, 9.17) is 15.0 Å². The van der Waals surface area contributed by atoms with Crippen molar-refractivity contribution in [3.63, 3.8) is 0 Å². The number of fused-ring (bicyclic) bond motifs is 6. The van der Waals surface area contributed by atoms with Crippen LogP contribution in [0.2, 0.25) is 0 Å². The Balaban J connectivity index is 1.17.